The number of aryl methyl sites for hydroxylation is 1. The van der Waals surface area contributed by atoms with E-state index in [0.29, 0.717) is 6.42 Å². The van der Waals surface area contributed by atoms with Crippen LogP contribution >= 0.6 is 23.7 Å². The van der Waals surface area contributed by atoms with Gasteiger partial charge in [-0.3, -0.25) is 0 Å². The zero-order valence-corrected chi connectivity index (χ0v) is 13.9. The summed E-state index contributed by atoms with van der Waals surface area (Å²) in [7, 11) is -3.28. The minimum atomic E-state index is -3.28. The quantitative estimate of drug-likeness (QED) is 0.808. The molecular formula is C14H19ClN2O2S2. The molecule has 1 aromatic carbocycles. The summed E-state index contributed by atoms with van der Waals surface area (Å²) in [6, 6.07) is 13.0. The summed E-state index contributed by atoms with van der Waals surface area (Å²) in [5, 5.41) is 1.95. The van der Waals surface area contributed by atoms with Crippen LogP contribution in [0, 0.1) is 0 Å². The van der Waals surface area contributed by atoms with E-state index in [4.69, 9.17) is 5.73 Å². The normalized spacial score (nSPS) is 12.6. The smallest absolute Gasteiger partial charge is 0.212 e. The second-order valence-electron chi connectivity index (χ2n) is 4.51. The molecule has 1 aromatic heterocycles. The summed E-state index contributed by atoms with van der Waals surface area (Å²) >= 11 is 1.57. The third kappa shape index (κ3) is 6.15. The number of nitrogens with one attached hydrogen (secondary N) is 1. The van der Waals surface area contributed by atoms with Gasteiger partial charge < -0.3 is 5.73 Å². The second kappa shape index (κ2) is 8.51. The van der Waals surface area contributed by atoms with Crippen LogP contribution in [0.2, 0.25) is 0 Å². The molecule has 0 aliphatic heterocycles. The SMILES string of the molecule is Cl.NC(CNS(=O)(=O)CCc1cccs1)c1ccccc1. The summed E-state index contributed by atoms with van der Waals surface area (Å²) in [6.07, 6.45) is 0.535. The summed E-state index contributed by atoms with van der Waals surface area (Å²) in [6.45, 7) is 0.219. The first-order chi connectivity index (χ1) is 9.57. The van der Waals surface area contributed by atoms with E-state index < -0.39 is 10.0 Å². The van der Waals surface area contributed by atoms with Crippen molar-refractivity contribution in [3.05, 3.63) is 58.3 Å². The van der Waals surface area contributed by atoms with Gasteiger partial charge in [0.25, 0.3) is 0 Å². The molecule has 0 saturated heterocycles. The maximum atomic E-state index is 11.9. The average Bonchev–Trinajstić information content (AvgIpc) is 2.97. The van der Waals surface area contributed by atoms with Crippen LogP contribution in [0.5, 0.6) is 0 Å². The van der Waals surface area contributed by atoms with E-state index in [0.717, 1.165) is 10.4 Å². The van der Waals surface area contributed by atoms with E-state index in [-0.39, 0.29) is 30.7 Å². The third-order valence-electron chi connectivity index (χ3n) is 2.95. The molecule has 1 heterocycles. The van der Waals surface area contributed by atoms with Crippen molar-refractivity contribution in [3.63, 3.8) is 0 Å². The van der Waals surface area contributed by atoms with Crippen LogP contribution < -0.4 is 10.5 Å². The fourth-order valence-corrected chi connectivity index (χ4v) is 3.70. The van der Waals surface area contributed by atoms with Crippen LogP contribution in [0.3, 0.4) is 0 Å². The summed E-state index contributed by atoms with van der Waals surface area (Å²) in [5.74, 6) is 0.0923. The molecule has 0 saturated carbocycles. The van der Waals surface area contributed by atoms with Gasteiger partial charge in [-0.15, -0.1) is 23.7 Å². The second-order valence-corrected chi connectivity index (χ2v) is 7.47. The number of halogens is 1. The molecule has 7 heteroatoms. The fourth-order valence-electron chi connectivity index (χ4n) is 1.80. The molecule has 0 radical (unpaired) electrons. The molecule has 116 valence electrons. The Kier molecular flexibility index (Phi) is 7.34. The highest BCUT2D eigenvalue weighted by atomic mass is 35.5. The van der Waals surface area contributed by atoms with Crippen LogP contribution in [-0.4, -0.2) is 20.7 Å². The van der Waals surface area contributed by atoms with Gasteiger partial charge in [-0.25, -0.2) is 13.1 Å². The maximum absolute atomic E-state index is 11.9. The van der Waals surface area contributed by atoms with E-state index in [1.165, 1.54) is 0 Å². The van der Waals surface area contributed by atoms with Crippen molar-refractivity contribution >= 4 is 33.8 Å². The Morgan fingerprint density at radius 3 is 2.48 bits per heavy atom. The molecule has 0 bridgehead atoms. The van der Waals surface area contributed by atoms with Crippen molar-refractivity contribution in [1.29, 1.82) is 0 Å². The van der Waals surface area contributed by atoms with E-state index in [9.17, 15) is 8.42 Å². The summed E-state index contributed by atoms with van der Waals surface area (Å²) in [4.78, 5) is 1.07. The summed E-state index contributed by atoms with van der Waals surface area (Å²) < 4.78 is 26.4. The molecule has 0 spiro atoms. The predicted octanol–water partition coefficient (Wildman–Crippen LogP) is 2.33. The van der Waals surface area contributed by atoms with E-state index >= 15 is 0 Å². The van der Waals surface area contributed by atoms with Gasteiger partial charge in [-0.05, 0) is 23.4 Å². The molecular weight excluding hydrogens is 328 g/mol. The Morgan fingerprint density at radius 2 is 1.86 bits per heavy atom. The van der Waals surface area contributed by atoms with Gasteiger partial charge in [0, 0.05) is 17.5 Å². The van der Waals surface area contributed by atoms with E-state index in [2.05, 4.69) is 4.72 Å². The first-order valence-electron chi connectivity index (χ1n) is 6.37. The minimum Gasteiger partial charge on any atom is -0.323 e. The Bertz CT molecular complexity index is 616. The third-order valence-corrected chi connectivity index (χ3v) is 5.23. The molecule has 0 fully saturated rings. The average molecular weight is 347 g/mol. The van der Waals surface area contributed by atoms with E-state index in [1.54, 1.807) is 11.3 Å². The summed E-state index contributed by atoms with van der Waals surface area (Å²) in [5.41, 5.74) is 6.89. The van der Waals surface area contributed by atoms with Crippen LogP contribution in [0.1, 0.15) is 16.5 Å². The van der Waals surface area contributed by atoms with Gasteiger partial charge in [0.05, 0.1) is 5.75 Å². The van der Waals surface area contributed by atoms with Gasteiger partial charge in [0.15, 0.2) is 0 Å². The number of hydrogen-bond donors (Lipinski definition) is 2. The van der Waals surface area contributed by atoms with Crippen molar-refractivity contribution in [1.82, 2.24) is 4.72 Å². The number of thiophene rings is 1. The van der Waals surface area contributed by atoms with Gasteiger partial charge in [0.2, 0.25) is 10.0 Å². The van der Waals surface area contributed by atoms with Crippen LogP contribution in [0.4, 0.5) is 0 Å². The standard InChI is InChI=1S/C14H18N2O2S2.ClH/c15-14(12-5-2-1-3-6-12)11-16-20(17,18)10-8-13-7-4-9-19-13;/h1-7,9,14,16H,8,10-11,15H2;1H. The fraction of sp³-hybridized carbons (Fsp3) is 0.286. The van der Waals surface area contributed by atoms with Crippen molar-refractivity contribution < 1.29 is 8.42 Å². The number of benzene rings is 1. The number of rotatable bonds is 7. The molecule has 3 N–H and O–H groups in total. The Labute approximate surface area is 135 Å². The molecule has 21 heavy (non-hydrogen) atoms. The minimum absolute atomic E-state index is 0. The molecule has 2 aromatic rings. The van der Waals surface area contributed by atoms with Gasteiger partial charge in [-0.1, -0.05) is 36.4 Å². The van der Waals surface area contributed by atoms with Crippen LogP contribution in [-0.2, 0) is 16.4 Å². The number of nitrogens with two attached hydrogens (primary N) is 1. The zero-order valence-electron chi connectivity index (χ0n) is 11.4. The highest BCUT2D eigenvalue weighted by molar-refractivity contribution is 7.89. The van der Waals surface area contributed by atoms with Crippen LogP contribution in [0.25, 0.3) is 0 Å². The van der Waals surface area contributed by atoms with Crippen LogP contribution in [0.15, 0.2) is 47.8 Å². The van der Waals surface area contributed by atoms with Crippen molar-refractivity contribution in [2.24, 2.45) is 5.73 Å². The molecule has 0 aliphatic rings. The molecule has 0 aliphatic carbocycles. The number of hydrogen-bond acceptors (Lipinski definition) is 4. The lowest BCUT2D eigenvalue weighted by Crippen LogP contribution is -2.33. The largest absolute Gasteiger partial charge is 0.323 e. The molecule has 1 unspecified atom stereocenters. The first-order valence-corrected chi connectivity index (χ1v) is 8.90. The van der Waals surface area contributed by atoms with Crippen molar-refractivity contribution in [3.8, 4) is 0 Å². The van der Waals surface area contributed by atoms with Crippen molar-refractivity contribution in [2.75, 3.05) is 12.3 Å². The molecule has 0 amide bonds. The predicted molar refractivity (Wildman–Crippen MR) is 90.4 cm³/mol. The monoisotopic (exact) mass is 346 g/mol. The highest BCUT2D eigenvalue weighted by Gasteiger charge is 2.13. The Hall–Kier alpha value is -0.920. The van der Waals surface area contributed by atoms with E-state index in [1.807, 2.05) is 47.8 Å². The molecule has 2 rings (SSSR count). The Morgan fingerprint density at radius 1 is 1.14 bits per heavy atom. The highest BCUT2D eigenvalue weighted by Crippen LogP contribution is 2.11. The van der Waals surface area contributed by atoms with Gasteiger partial charge in [-0.2, -0.15) is 0 Å². The maximum Gasteiger partial charge on any atom is 0.212 e. The lowest BCUT2D eigenvalue weighted by molar-refractivity contribution is 0.572. The topological polar surface area (TPSA) is 72.2 Å². The first kappa shape index (κ1) is 18.1. The van der Waals surface area contributed by atoms with Gasteiger partial charge in [0.1, 0.15) is 0 Å². The molecule has 1 atom stereocenters. The lowest BCUT2D eigenvalue weighted by atomic mass is 10.1. The molecule has 4 nitrogen and oxygen atoms in total. The lowest BCUT2D eigenvalue weighted by Gasteiger charge is -2.13. The Balaban J connectivity index is 0.00000220. The van der Waals surface area contributed by atoms with Gasteiger partial charge >= 0.3 is 0 Å². The van der Waals surface area contributed by atoms with Crippen molar-refractivity contribution in [2.45, 2.75) is 12.5 Å². The zero-order chi connectivity index (χ0) is 14.4. The number of sulfonamides is 1.